The summed E-state index contributed by atoms with van der Waals surface area (Å²) in [6.45, 7) is 15.3. The lowest BCUT2D eigenvalue weighted by Gasteiger charge is -2.50. The Labute approximate surface area is 196 Å². The second-order valence-corrected chi connectivity index (χ2v) is 10.2. The summed E-state index contributed by atoms with van der Waals surface area (Å²) in [6.07, 6.45) is 3.21. The summed E-state index contributed by atoms with van der Waals surface area (Å²) in [7, 11) is 0. The minimum absolute atomic E-state index is 0.0996. The largest absolute Gasteiger partial charge is 0.383 e. The van der Waals surface area contributed by atoms with E-state index in [1.165, 1.54) is 11.3 Å². The average molecular weight is 438 g/mol. The lowest BCUT2D eigenvalue weighted by Crippen LogP contribution is -2.51. The zero-order valence-corrected chi connectivity index (χ0v) is 20.5. The molecular weight excluding hydrogens is 406 g/mol. The summed E-state index contributed by atoms with van der Waals surface area (Å²) >= 11 is 0. The molecule has 0 fully saturated rings. The van der Waals surface area contributed by atoms with Gasteiger partial charge in [-0.1, -0.05) is 13.0 Å². The molecule has 5 heteroatoms. The van der Waals surface area contributed by atoms with Gasteiger partial charge >= 0.3 is 0 Å². The van der Waals surface area contributed by atoms with Crippen LogP contribution in [0, 0.1) is 29.6 Å². The molecule has 0 saturated heterocycles. The maximum Gasteiger partial charge on any atom is 0.142 e. The molecule has 33 heavy (non-hydrogen) atoms. The number of allylic oxidation sites excluding steroid dienone is 3. The van der Waals surface area contributed by atoms with Gasteiger partial charge in [0, 0.05) is 22.8 Å². The predicted molar refractivity (Wildman–Crippen MR) is 135 cm³/mol. The van der Waals surface area contributed by atoms with E-state index in [0.29, 0.717) is 28.8 Å². The highest BCUT2D eigenvalue weighted by molar-refractivity contribution is 6.08. The third kappa shape index (κ3) is 3.40. The number of hydrogen-bond acceptors (Lipinski definition) is 5. The lowest BCUT2D eigenvalue weighted by atomic mass is 9.78. The summed E-state index contributed by atoms with van der Waals surface area (Å²) in [4.78, 5) is 6.96. The second kappa shape index (κ2) is 7.78. The van der Waals surface area contributed by atoms with Crippen molar-refractivity contribution in [1.29, 1.82) is 10.5 Å². The van der Waals surface area contributed by atoms with Crippen LogP contribution in [-0.4, -0.2) is 16.6 Å². The Bertz CT molecular complexity index is 1310. The summed E-state index contributed by atoms with van der Waals surface area (Å²) in [6, 6.07) is 11.5. The zero-order valence-electron chi connectivity index (χ0n) is 20.5. The quantitative estimate of drug-likeness (QED) is 0.604. The van der Waals surface area contributed by atoms with Crippen LogP contribution in [0.3, 0.4) is 0 Å². The van der Waals surface area contributed by atoms with Crippen LogP contribution < -0.4 is 10.6 Å². The van der Waals surface area contributed by atoms with Crippen LogP contribution in [0.2, 0.25) is 0 Å². The topological polar surface area (TPSA) is 89.7 Å². The molecular formula is C28H31N5. The number of pyridine rings is 1. The molecule has 1 aromatic heterocycles. The van der Waals surface area contributed by atoms with Crippen molar-refractivity contribution < 1.29 is 0 Å². The van der Waals surface area contributed by atoms with E-state index in [1.54, 1.807) is 0 Å². The molecule has 2 aromatic rings. The van der Waals surface area contributed by atoms with Gasteiger partial charge in [-0.05, 0) is 99.9 Å². The number of benzene rings is 1. The number of fused-ring (bicyclic) bond motifs is 2. The van der Waals surface area contributed by atoms with E-state index < -0.39 is 0 Å². The van der Waals surface area contributed by atoms with Crippen molar-refractivity contribution in [3.63, 3.8) is 0 Å². The summed E-state index contributed by atoms with van der Waals surface area (Å²) in [5, 5.41) is 19.4. The smallest absolute Gasteiger partial charge is 0.142 e. The monoisotopic (exact) mass is 437 g/mol. The van der Waals surface area contributed by atoms with Crippen LogP contribution in [0.4, 0.5) is 11.5 Å². The molecule has 168 valence electrons. The fraction of sp³-hybridized carbons (Fsp3) is 0.393. The van der Waals surface area contributed by atoms with Gasteiger partial charge < -0.3 is 10.6 Å². The molecule has 1 unspecified atom stereocenters. The van der Waals surface area contributed by atoms with E-state index in [9.17, 15) is 10.5 Å². The Kier molecular flexibility index (Phi) is 5.33. The van der Waals surface area contributed by atoms with Crippen LogP contribution in [0.25, 0.3) is 17.2 Å². The van der Waals surface area contributed by atoms with Crippen molar-refractivity contribution in [1.82, 2.24) is 4.98 Å². The van der Waals surface area contributed by atoms with Crippen LogP contribution in [-0.2, 0) is 0 Å². The Balaban J connectivity index is 1.91. The van der Waals surface area contributed by atoms with Gasteiger partial charge in [0.05, 0.1) is 16.8 Å². The Morgan fingerprint density at radius 3 is 2.52 bits per heavy atom. The number of aromatic nitrogens is 1. The number of nitrogen functional groups attached to an aromatic ring is 1. The van der Waals surface area contributed by atoms with E-state index in [0.717, 1.165) is 34.3 Å². The first-order valence-corrected chi connectivity index (χ1v) is 11.5. The van der Waals surface area contributed by atoms with E-state index in [2.05, 4.69) is 80.9 Å². The molecule has 1 aromatic carbocycles. The Morgan fingerprint density at radius 1 is 1.21 bits per heavy atom. The first-order chi connectivity index (χ1) is 15.5. The van der Waals surface area contributed by atoms with Crippen LogP contribution in [0.1, 0.15) is 87.4 Å². The number of anilines is 2. The highest BCUT2D eigenvalue weighted by Gasteiger charge is 2.37. The molecule has 0 amide bonds. The summed E-state index contributed by atoms with van der Waals surface area (Å²) in [5.41, 5.74) is 14.7. The molecule has 1 aliphatic heterocycles. The minimum atomic E-state index is 0.0996. The van der Waals surface area contributed by atoms with E-state index in [1.807, 2.05) is 13.8 Å². The van der Waals surface area contributed by atoms with Gasteiger partial charge in [0.2, 0.25) is 0 Å². The molecule has 2 N–H and O–H groups in total. The molecule has 5 nitrogen and oxygen atoms in total. The van der Waals surface area contributed by atoms with Crippen LogP contribution in [0.15, 0.2) is 23.8 Å². The van der Waals surface area contributed by atoms with Gasteiger partial charge in [-0.25, -0.2) is 4.98 Å². The number of rotatable bonds is 2. The number of hydrogen-bond donors (Lipinski definition) is 1. The molecule has 0 bridgehead atoms. The third-order valence-electron chi connectivity index (χ3n) is 7.11. The van der Waals surface area contributed by atoms with Crippen molar-refractivity contribution in [2.24, 2.45) is 0 Å². The van der Waals surface area contributed by atoms with Gasteiger partial charge in [0.1, 0.15) is 18.0 Å². The van der Waals surface area contributed by atoms with E-state index in [4.69, 9.17) is 5.73 Å². The van der Waals surface area contributed by atoms with Crippen LogP contribution in [0.5, 0.6) is 0 Å². The predicted octanol–water partition coefficient (Wildman–Crippen LogP) is 6.20. The lowest BCUT2D eigenvalue weighted by molar-refractivity contribution is 0.356. The second-order valence-electron chi connectivity index (χ2n) is 10.2. The van der Waals surface area contributed by atoms with Gasteiger partial charge in [-0.3, -0.25) is 0 Å². The third-order valence-corrected chi connectivity index (χ3v) is 7.11. The Hall–Kier alpha value is -3.57. The maximum absolute atomic E-state index is 9.81. The first-order valence-electron chi connectivity index (χ1n) is 11.5. The molecule has 1 atom stereocenters. The normalized spacial score (nSPS) is 20.0. The van der Waals surface area contributed by atoms with Gasteiger partial charge in [-0.15, -0.1) is 0 Å². The maximum atomic E-state index is 9.81. The van der Waals surface area contributed by atoms with Crippen molar-refractivity contribution in [3.8, 4) is 12.1 Å². The fourth-order valence-electron chi connectivity index (χ4n) is 5.90. The molecule has 0 saturated carbocycles. The number of nitriles is 2. The zero-order chi connectivity index (χ0) is 24.2. The van der Waals surface area contributed by atoms with E-state index in [-0.39, 0.29) is 11.4 Å². The fourth-order valence-corrected chi connectivity index (χ4v) is 5.90. The molecule has 2 heterocycles. The average Bonchev–Trinajstić information content (AvgIpc) is 2.98. The summed E-state index contributed by atoms with van der Waals surface area (Å²) in [5.74, 6) is 0.619. The molecule has 1 aliphatic carbocycles. The van der Waals surface area contributed by atoms with Gasteiger partial charge in [0.15, 0.2) is 0 Å². The standard InChI is InChI=1S/C28H31N5/c1-15(2)33-24-9-8-19(10-20(24)16(3)12-28(33,6)7)11-21-17(4)22(13-29)26-25(21)18(5)23(14-30)27(31)32-26/h8-11,15-16H,12H2,1-7H3,(H2,31,32)/b21-11-. The first kappa shape index (κ1) is 22.6. The highest BCUT2D eigenvalue weighted by Crippen LogP contribution is 2.47. The molecule has 2 aliphatic rings. The van der Waals surface area contributed by atoms with Crippen LogP contribution >= 0.6 is 0 Å². The van der Waals surface area contributed by atoms with Crippen molar-refractivity contribution in [2.45, 2.75) is 72.4 Å². The van der Waals surface area contributed by atoms with Crippen molar-refractivity contribution in [3.05, 3.63) is 57.3 Å². The highest BCUT2D eigenvalue weighted by atomic mass is 15.2. The molecule has 0 radical (unpaired) electrons. The van der Waals surface area contributed by atoms with Crippen molar-refractivity contribution >= 4 is 28.7 Å². The Morgan fingerprint density at radius 2 is 1.91 bits per heavy atom. The van der Waals surface area contributed by atoms with Gasteiger partial charge in [0.25, 0.3) is 0 Å². The molecule has 0 spiro atoms. The number of nitrogens with two attached hydrogens (primary N) is 1. The van der Waals surface area contributed by atoms with Gasteiger partial charge in [-0.2, -0.15) is 10.5 Å². The minimum Gasteiger partial charge on any atom is -0.383 e. The number of nitrogens with zero attached hydrogens (tertiary/aromatic N) is 4. The summed E-state index contributed by atoms with van der Waals surface area (Å²) < 4.78 is 0. The van der Waals surface area contributed by atoms with Crippen molar-refractivity contribution in [2.75, 3.05) is 10.6 Å². The SMILES string of the molecule is CC1=C(C#N)c2nc(N)c(C#N)c(C)c2/C1=C\c1ccc2c(c1)C(C)CC(C)(C)N2C(C)C. The molecule has 4 rings (SSSR count). The van der Waals surface area contributed by atoms with E-state index >= 15 is 0 Å².